The molecule has 0 amide bonds. The molecule has 1 aromatic rings. The number of rotatable bonds is 4. The molecule has 2 heterocycles. The molecule has 2 atom stereocenters. The fourth-order valence-electron chi connectivity index (χ4n) is 3.47. The third-order valence-electron chi connectivity index (χ3n) is 4.78. The van der Waals surface area contributed by atoms with Gasteiger partial charge in [-0.05, 0) is 56.6 Å². The molecule has 3 nitrogen and oxygen atoms in total. The van der Waals surface area contributed by atoms with Crippen molar-refractivity contribution in [3.8, 4) is 0 Å². The molecule has 3 N–H and O–H groups in total. The zero-order valence-electron chi connectivity index (χ0n) is 11.7. The lowest BCUT2D eigenvalue weighted by Gasteiger charge is -2.48. The Kier molecular flexibility index (Phi) is 3.94. The lowest BCUT2D eigenvalue weighted by Crippen LogP contribution is -2.48. The average Bonchev–Trinajstić information content (AvgIpc) is 2.87. The van der Waals surface area contributed by atoms with E-state index in [0.29, 0.717) is 12.0 Å². The first-order valence-corrected chi connectivity index (χ1v) is 8.27. The second-order valence-electron chi connectivity index (χ2n) is 5.94. The Bertz CT molecular complexity index is 428. The summed E-state index contributed by atoms with van der Waals surface area (Å²) in [5, 5.41) is 0. The minimum atomic E-state index is 0.197. The number of aryl methyl sites for hydroxylation is 1. The van der Waals surface area contributed by atoms with E-state index in [1.165, 1.54) is 35.4 Å². The highest BCUT2D eigenvalue weighted by Crippen LogP contribution is 2.47. The maximum atomic E-state index is 6.02. The molecule has 106 valence electrons. The van der Waals surface area contributed by atoms with E-state index in [1.54, 1.807) is 0 Å². The largest absolute Gasteiger partial charge is 0.375 e. The van der Waals surface area contributed by atoms with E-state index < -0.39 is 0 Å². The first-order valence-electron chi connectivity index (χ1n) is 7.45. The van der Waals surface area contributed by atoms with Gasteiger partial charge in [0.1, 0.15) is 0 Å². The molecular weight excluding hydrogens is 256 g/mol. The van der Waals surface area contributed by atoms with Gasteiger partial charge in [0.15, 0.2) is 0 Å². The van der Waals surface area contributed by atoms with Crippen molar-refractivity contribution in [3.63, 3.8) is 0 Å². The quantitative estimate of drug-likeness (QED) is 0.658. The summed E-state index contributed by atoms with van der Waals surface area (Å²) >= 11 is 1.90. The Morgan fingerprint density at radius 2 is 2.37 bits per heavy atom. The second-order valence-corrected chi connectivity index (χ2v) is 7.14. The van der Waals surface area contributed by atoms with Gasteiger partial charge >= 0.3 is 0 Å². The lowest BCUT2D eigenvalue weighted by atomic mass is 9.70. The zero-order valence-corrected chi connectivity index (χ0v) is 12.5. The van der Waals surface area contributed by atoms with Gasteiger partial charge in [-0.3, -0.25) is 11.3 Å². The standard InChI is InChI=1S/C15H24N2OS/c1-2-12-4-5-13(19-12)14(17-16)11-6-9-18-15(10-11)7-3-8-15/h4-5,11,14,17H,2-3,6-10,16H2,1H3. The minimum absolute atomic E-state index is 0.197. The third kappa shape index (κ3) is 2.59. The summed E-state index contributed by atoms with van der Waals surface area (Å²) in [5.74, 6) is 6.46. The van der Waals surface area contributed by atoms with Gasteiger partial charge in [0, 0.05) is 16.4 Å². The number of nitrogens with one attached hydrogen (secondary N) is 1. The van der Waals surface area contributed by atoms with E-state index in [2.05, 4.69) is 24.5 Å². The van der Waals surface area contributed by atoms with Crippen LogP contribution >= 0.6 is 11.3 Å². The predicted octanol–water partition coefficient (Wildman–Crippen LogP) is 3.16. The van der Waals surface area contributed by atoms with Gasteiger partial charge in [0.05, 0.1) is 11.6 Å². The molecule has 1 saturated heterocycles. The highest BCUT2D eigenvalue weighted by atomic mass is 32.1. The molecule has 0 radical (unpaired) electrons. The highest BCUT2D eigenvalue weighted by molar-refractivity contribution is 7.12. The van der Waals surface area contributed by atoms with Crippen LogP contribution in [0.3, 0.4) is 0 Å². The maximum absolute atomic E-state index is 6.02. The monoisotopic (exact) mass is 280 g/mol. The molecule has 0 aromatic carbocycles. The fourth-order valence-corrected chi connectivity index (χ4v) is 4.58. The van der Waals surface area contributed by atoms with E-state index in [4.69, 9.17) is 10.6 Å². The van der Waals surface area contributed by atoms with Crippen molar-refractivity contribution in [2.75, 3.05) is 6.61 Å². The van der Waals surface area contributed by atoms with Gasteiger partial charge in [-0.2, -0.15) is 0 Å². The van der Waals surface area contributed by atoms with Crippen LogP contribution in [0.25, 0.3) is 0 Å². The number of ether oxygens (including phenoxy) is 1. The molecule has 2 fully saturated rings. The molecule has 1 aliphatic heterocycles. The Morgan fingerprint density at radius 1 is 1.53 bits per heavy atom. The molecule has 2 unspecified atom stereocenters. The number of nitrogens with two attached hydrogens (primary N) is 1. The number of hydrogen-bond donors (Lipinski definition) is 2. The summed E-state index contributed by atoms with van der Waals surface area (Å²) in [7, 11) is 0. The Hall–Kier alpha value is -0.420. The Labute approximate surface area is 119 Å². The molecule has 1 aliphatic carbocycles. The van der Waals surface area contributed by atoms with Gasteiger partial charge in [0.25, 0.3) is 0 Å². The summed E-state index contributed by atoms with van der Waals surface area (Å²) in [4.78, 5) is 2.83. The van der Waals surface area contributed by atoms with Crippen molar-refractivity contribution >= 4 is 11.3 Å². The van der Waals surface area contributed by atoms with Crippen molar-refractivity contribution in [2.45, 2.75) is 57.1 Å². The molecule has 4 heteroatoms. The maximum Gasteiger partial charge on any atom is 0.0686 e. The molecule has 2 aliphatic rings. The lowest BCUT2D eigenvalue weighted by molar-refractivity contribution is -0.147. The molecule has 3 rings (SSSR count). The predicted molar refractivity (Wildman–Crippen MR) is 79.0 cm³/mol. The molecule has 0 bridgehead atoms. The van der Waals surface area contributed by atoms with E-state index in [-0.39, 0.29) is 5.60 Å². The van der Waals surface area contributed by atoms with Crippen molar-refractivity contribution in [1.82, 2.24) is 5.43 Å². The highest BCUT2D eigenvalue weighted by Gasteiger charge is 2.44. The topological polar surface area (TPSA) is 47.3 Å². The van der Waals surface area contributed by atoms with E-state index in [9.17, 15) is 0 Å². The normalized spacial score (nSPS) is 27.2. The van der Waals surface area contributed by atoms with Crippen LogP contribution < -0.4 is 11.3 Å². The first-order chi connectivity index (χ1) is 9.26. The van der Waals surface area contributed by atoms with Gasteiger partial charge in [-0.1, -0.05) is 6.92 Å². The van der Waals surface area contributed by atoms with Gasteiger partial charge < -0.3 is 4.74 Å². The van der Waals surface area contributed by atoms with Crippen LogP contribution in [-0.4, -0.2) is 12.2 Å². The van der Waals surface area contributed by atoms with Crippen molar-refractivity contribution in [3.05, 3.63) is 21.9 Å². The molecular formula is C15H24N2OS. The van der Waals surface area contributed by atoms with Crippen LogP contribution in [0.4, 0.5) is 0 Å². The molecule has 1 aromatic heterocycles. The summed E-state index contributed by atoms with van der Waals surface area (Å²) < 4.78 is 6.02. The SMILES string of the molecule is CCc1ccc(C(NN)C2CCOC3(CCC3)C2)s1. The van der Waals surface area contributed by atoms with Crippen molar-refractivity contribution in [2.24, 2.45) is 11.8 Å². The van der Waals surface area contributed by atoms with Gasteiger partial charge in [-0.25, -0.2) is 0 Å². The summed E-state index contributed by atoms with van der Waals surface area (Å²) in [6, 6.07) is 4.78. The number of hydrogen-bond acceptors (Lipinski definition) is 4. The van der Waals surface area contributed by atoms with Gasteiger partial charge in [0.2, 0.25) is 0 Å². The Morgan fingerprint density at radius 3 is 2.95 bits per heavy atom. The number of hydrazine groups is 1. The van der Waals surface area contributed by atoms with E-state index in [0.717, 1.165) is 19.4 Å². The van der Waals surface area contributed by atoms with Crippen LogP contribution in [0.15, 0.2) is 12.1 Å². The second kappa shape index (κ2) is 5.52. The van der Waals surface area contributed by atoms with Crippen LogP contribution in [0, 0.1) is 5.92 Å². The van der Waals surface area contributed by atoms with E-state index >= 15 is 0 Å². The van der Waals surface area contributed by atoms with Crippen molar-refractivity contribution in [1.29, 1.82) is 0 Å². The molecule has 1 saturated carbocycles. The summed E-state index contributed by atoms with van der Waals surface area (Å²) in [6.45, 7) is 3.10. The molecule has 1 spiro atoms. The zero-order chi connectivity index (χ0) is 13.3. The minimum Gasteiger partial charge on any atom is -0.375 e. The summed E-state index contributed by atoms with van der Waals surface area (Å²) in [6.07, 6.45) is 7.21. The molecule has 19 heavy (non-hydrogen) atoms. The average molecular weight is 280 g/mol. The summed E-state index contributed by atoms with van der Waals surface area (Å²) in [5.41, 5.74) is 3.26. The van der Waals surface area contributed by atoms with Gasteiger partial charge in [-0.15, -0.1) is 11.3 Å². The van der Waals surface area contributed by atoms with E-state index in [1.807, 2.05) is 11.3 Å². The van der Waals surface area contributed by atoms with Crippen LogP contribution in [0.2, 0.25) is 0 Å². The van der Waals surface area contributed by atoms with Crippen LogP contribution in [0.1, 0.15) is 54.8 Å². The first kappa shape index (κ1) is 13.6. The smallest absolute Gasteiger partial charge is 0.0686 e. The fraction of sp³-hybridized carbons (Fsp3) is 0.733. The van der Waals surface area contributed by atoms with Crippen molar-refractivity contribution < 1.29 is 4.74 Å². The van der Waals surface area contributed by atoms with Crippen LogP contribution in [0.5, 0.6) is 0 Å². The third-order valence-corrected chi connectivity index (χ3v) is 6.10. The number of thiophene rings is 1. The van der Waals surface area contributed by atoms with Crippen LogP contribution in [-0.2, 0) is 11.2 Å². The Balaban J connectivity index is 1.74.